The number of anilines is 1. The summed E-state index contributed by atoms with van der Waals surface area (Å²) in [6.45, 7) is 10.4. The molecule has 2 rings (SSSR count). The van der Waals surface area contributed by atoms with Crippen LogP contribution in [0.5, 0.6) is 0 Å². The Morgan fingerprint density at radius 1 is 1.07 bits per heavy atom. The summed E-state index contributed by atoms with van der Waals surface area (Å²) in [6, 6.07) is 7.83. The second-order valence-electron chi connectivity index (χ2n) is 7.43. The van der Waals surface area contributed by atoms with E-state index in [9.17, 15) is 9.59 Å². The monoisotopic (exact) mass is 390 g/mol. The molecule has 0 aromatic heterocycles. The molecule has 28 heavy (non-hydrogen) atoms. The fraction of sp³-hybridized carbons (Fsp3) is 0.636. The van der Waals surface area contributed by atoms with Crippen LogP contribution in [0.3, 0.4) is 0 Å². The van der Waals surface area contributed by atoms with E-state index in [0.29, 0.717) is 33.0 Å². The second-order valence-corrected chi connectivity index (χ2v) is 7.43. The van der Waals surface area contributed by atoms with Gasteiger partial charge in [0.25, 0.3) is 0 Å². The number of ether oxygens (including phenoxy) is 2. The molecule has 1 aliphatic heterocycles. The van der Waals surface area contributed by atoms with Crippen molar-refractivity contribution in [3.8, 4) is 0 Å². The summed E-state index contributed by atoms with van der Waals surface area (Å²) in [5.41, 5.74) is 1.87. The molecule has 1 N–H and O–H groups in total. The van der Waals surface area contributed by atoms with Crippen molar-refractivity contribution < 1.29 is 19.1 Å². The lowest BCUT2D eigenvalue weighted by molar-refractivity contribution is -0.125. The maximum atomic E-state index is 12.3. The zero-order valence-corrected chi connectivity index (χ0v) is 17.4. The minimum absolute atomic E-state index is 0.00943. The summed E-state index contributed by atoms with van der Waals surface area (Å²) in [4.78, 5) is 26.6. The van der Waals surface area contributed by atoms with Crippen molar-refractivity contribution in [3.05, 3.63) is 29.8 Å². The van der Waals surface area contributed by atoms with Crippen LogP contribution in [0.1, 0.15) is 44.0 Å². The van der Waals surface area contributed by atoms with Gasteiger partial charge < -0.3 is 19.7 Å². The zero-order chi connectivity index (χ0) is 20.4. The van der Waals surface area contributed by atoms with Gasteiger partial charge in [-0.1, -0.05) is 13.8 Å². The molecule has 0 radical (unpaired) electrons. The average molecular weight is 391 g/mol. The molecule has 1 aromatic rings. The van der Waals surface area contributed by atoms with E-state index in [-0.39, 0.29) is 23.5 Å². The average Bonchev–Trinajstić information content (AvgIpc) is 2.72. The van der Waals surface area contributed by atoms with E-state index in [0.717, 1.165) is 37.2 Å². The highest BCUT2D eigenvalue weighted by Crippen LogP contribution is 2.24. The normalized spacial score (nSPS) is 15.1. The van der Waals surface area contributed by atoms with E-state index in [4.69, 9.17) is 9.47 Å². The third-order valence-corrected chi connectivity index (χ3v) is 5.03. The number of ketones is 1. The molecule has 1 saturated heterocycles. The number of piperidine rings is 1. The predicted octanol–water partition coefficient (Wildman–Crippen LogP) is 2.91. The number of rotatable bonds is 11. The number of carbonyl (C=O) groups is 2. The van der Waals surface area contributed by atoms with Gasteiger partial charge in [-0.15, -0.1) is 0 Å². The summed E-state index contributed by atoms with van der Waals surface area (Å²) in [5, 5.41) is 2.97. The molecule has 1 fully saturated rings. The van der Waals surface area contributed by atoms with Crippen molar-refractivity contribution >= 4 is 17.4 Å². The van der Waals surface area contributed by atoms with E-state index in [1.165, 1.54) is 0 Å². The highest BCUT2D eigenvalue weighted by atomic mass is 16.5. The highest BCUT2D eigenvalue weighted by molar-refractivity contribution is 5.97. The maximum absolute atomic E-state index is 12.3. The van der Waals surface area contributed by atoms with E-state index < -0.39 is 0 Å². The molecular weight excluding hydrogens is 356 g/mol. The van der Waals surface area contributed by atoms with E-state index in [1.54, 1.807) is 0 Å². The molecule has 0 atom stereocenters. The van der Waals surface area contributed by atoms with E-state index in [1.807, 2.05) is 45.0 Å². The first-order valence-corrected chi connectivity index (χ1v) is 10.3. The molecule has 1 amide bonds. The van der Waals surface area contributed by atoms with Crippen LogP contribution >= 0.6 is 0 Å². The minimum Gasteiger partial charge on any atom is -0.379 e. The molecule has 0 saturated carbocycles. The predicted molar refractivity (Wildman–Crippen MR) is 111 cm³/mol. The molecule has 1 heterocycles. The summed E-state index contributed by atoms with van der Waals surface area (Å²) >= 11 is 0. The Hall–Kier alpha value is -1.92. The van der Waals surface area contributed by atoms with Gasteiger partial charge in [0.15, 0.2) is 5.78 Å². The number of nitrogens with zero attached hydrogens (tertiary/aromatic N) is 1. The van der Waals surface area contributed by atoms with Gasteiger partial charge in [-0.2, -0.15) is 0 Å². The number of hydrogen-bond acceptors (Lipinski definition) is 5. The number of carbonyl (C=O) groups excluding carboxylic acids is 2. The summed E-state index contributed by atoms with van der Waals surface area (Å²) < 4.78 is 10.6. The smallest absolute Gasteiger partial charge is 0.223 e. The van der Waals surface area contributed by atoms with Gasteiger partial charge >= 0.3 is 0 Å². The first-order valence-electron chi connectivity index (χ1n) is 10.3. The lowest BCUT2D eigenvalue weighted by atomic mass is 9.95. The molecule has 1 aliphatic rings. The van der Waals surface area contributed by atoms with E-state index >= 15 is 0 Å². The minimum atomic E-state index is 0.00943. The van der Waals surface area contributed by atoms with Crippen LogP contribution < -0.4 is 10.2 Å². The van der Waals surface area contributed by atoms with Crippen LogP contribution in [-0.4, -0.2) is 57.8 Å². The Morgan fingerprint density at radius 3 is 2.32 bits per heavy atom. The van der Waals surface area contributed by atoms with Gasteiger partial charge in [-0.25, -0.2) is 0 Å². The van der Waals surface area contributed by atoms with Crippen LogP contribution in [0.25, 0.3) is 0 Å². The Kier molecular flexibility index (Phi) is 9.44. The third-order valence-electron chi connectivity index (χ3n) is 5.03. The third kappa shape index (κ3) is 6.91. The highest BCUT2D eigenvalue weighted by Gasteiger charge is 2.25. The Balaban J connectivity index is 1.69. The molecule has 0 unspecified atom stereocenters. The quantitative estimate of drug-likeness (QED) is 0.465. The molecule has 6 heteroatoms. The molecular formula is C22H34N2O4. The Bertz CT molecular complexity index is 607. The molecule has 0 aliphatic carbocycles. The fourth-order valence-electron chi connectivity index (χ4n) is 3.32. The Labute approximate surface area is 168 Å². The van der Waals surface area contributed by atoms with Crippen LogP contribution in [0.15, 0.2) is 24.3 Å². The van der Waals surface area contributed by atoms with Gasteiger partial charge in [-0.3, -0.25) is 9.59 Å². The lowest BCUT2D eigenvalue weighted by Crippen LogP contribution is -2.41. The summed E-state index contributed by atoms with van der Waals surface area (Å²) in [7, 11) is 0. The molecule has 1 aromatic carbocycles. The van der Waals surface area contributed by atoms with Crippen molar-refractivity contribution in [2.24, 2.45) is 11.8 Å². The van der Waals surface area contributed by atoms with Crippen LogP contribution in [-0.2, 0) is 14.3 Å². The maximum Gasteiger partial charge on any atom is 0.223 e. The first kappa shape index (κ1) is 22.4. The number of benzene rings is 1. The lowest BCUT2D eigenvalue weighted by Gasteiger charge is -2.33. The molecule has 156 valence electrons. The first-order chi connectivity index (χ1) is 13.5. The fourth-order valence-corrected chi connectivity index (χ4v) is 3.32. The second kappa shape index (κ2) is 11.8. The summed E-state index contributed by atoms with van der Waals surface area (Å²) in [6.07, 6.45) is 1.67. The van der Waals surface area contributed by atoms with Gasteiger partial charge in [0.05, 0.1) is 19.8 Å². The number of nitrogens with one attached hydrogen (secondary N) is 1. The SMILES string of the molecule is CCOCCOCCNC(=O)C1CCN(c2ccc(C(=O)C(C)C)cc2)CC1. The molecule has 0 spiro atoms. The van der Waals surface area contributed by atoms with Gasteiger partial charge in [-0.05, 0) is 44.0 Å². The molecule has 6 nitrogen and oxygen atoms in total. The largest absolute Gasteiger partial charge is 0.379 e. The van der Waals surface area contributed by atoms with Crippen molar-refractivity contribution in [3.63, 3.8) is 0 Å². The number of Topliss-reactive ketones (excluding diaryl/α,β-unsaturated/α-hetero) is 1. The standard InChI is InChI=1S/C22H34N2O4/c1-4-27-15-16-28-14-11-23-22(26)19-9-12-24(13-10-19)20-7-5-18(6-8-20)21(25)17(2)3/h5-8,17,19H,4,9-16H2,1-3H3,(H,23,26). The zero-order valence-electron chi connectivity index (χ0n) is 17.4. The van der Waals surface area contributed by atoms with Gasteiger partial charge in [0, 0.05) is 49.3 Å². The number of amides is 1. The number of hydrogen-bond donors (Lipinski definition) is 1. The van der Waals surface area contributed by atoms with Crippen molar-refractivity contribution in [2.75, 3.05) is 51.0 Å². The van der Waals surface area contributed by atoms with Gasteiger partial charge in [0.1, 0.15) is 0 Å². The van der Waals surface area contributed by atoms with Gasteiger partial charge in [0.2, 0.25) is 5.91 Å². The van der Waals surface area contributed by atoms with Crippen LogP contribution in [0.2, 0.25) is 0 Å². The topological polar surface area (TPSA) is 67.9 Å². The van der Waals surface area contributed by atoms with Crippen LogP contribution in [0.4, 0.5) is 5.69 Å². The van der Waals surface area contributed by atoms with Crippen molar-refractivity contribution in [1.29, 1.82) is 0 Å². The van der Waals surface area contributed by atoms with E-state index in [2.05, 4.69) is 10.2 Å². The van der Waals surface area contributed by atoms with Crippen LogP contribution in [0, 0.1) is 11.8 Å². The molecule has 0 bridgehead atoms. The summed E-state index contributed by atoms with van der Waals surface area (Å²) in [5.74, 6) is 0.353. The Morgan fingerprint density at radius 2 is 1.71 bits per heavy atom. The van der Waals surface area contributed by atoms with Crippen molar-refractivity contribution in [2.45, 2.75) is 33.6 Å². The van der Waals surface area contributed by atoms with Crippen molar-refractivity contribution in [1.82, 2.24) is 5.32 Å².